The van der Waals surface area contributed by atoms with E-state index in [0.717, 1.165) is 51.6 Å². The van der Waals surface area contributed by atoms with Gasteiger partial charge in [0.25, 0.3) is 0 Å². The Hall–Kier alpha value is -2.11. The molecule has 1 atom stereocenters. The highest BCUT2D eigenvalue weighted by molar-refractivity contribution is 5.88. The highest BCUT2D eigenvalue weighted by Gasteiger charge is 2.20. The first-order chi connectivity index (χ1) is 14.3. The monoisotopic (exact) mass is 426 g/mol. The molecule has 5 heteroatoms. The van der Waals surface area contributed by atoms with E-state index in [1.807, 2.05) is 0 Å². The zero-order valence-electron chi connectivity index (χ0n) is 17.5. The number of fused-ring (bicyclic) bond motifs is 1. The summed E-state index contributed by atoms with van der Waals surface area (Å²) in [6.07, 6.45) is 0.925. The molecule has 160 valence electrons. The van der Waals surface area contributed by atoms with Crippen molar-refractivity contribution in [3.63, 3.8) is 0 Å². The number of rotatable bonds is 8. The van der Waals surface area contributed by atoms with Gasteiger partial charge in [0.1, 0.15) is 5.75 Å². The average Bonchev–Trinajstić information content (AvgIpc) is 2.79. The van der Waals surface area contributed by atoms with Crippen LogP contribution >= 0.6 is 12.4 Å². The molecular weight excluding hydrogens is 396 g/mol. The lowest BCUT2D eigenvalue weighted by Crippen LogP contribution is -2.41. The van der Waals surface area contributed by atoms with Gasteiger partial charge in [0.2, 0.25) is 0 Å². The minimum Gasteiger partial charge on any atom is -0.496 e. The number of halogens is 1. The van der Waals surface area contributed by atoms with E-state index >= 15 is 0 Å². The van der Waals surface area contributed by atoms with E-state index in [9.17, 15) is 0 Å². The third kappa shape index (κ3) is 5.52. The van der Waals surface area contributed by atoms with E-state index in [4.69, 9.17) is 9.47 Å². The van der Waals surface area contributed by atoms with E-state index in [1.54, 1.807) is 7.11 Å². The Balaban J connectivity index is 0.00000256. The Bertz CT molecular complexity index is 913. The molecule has 0 spiro atoms. The highest BCUT2D eigenvalue weighted by atomic mass is 35.5. The molecule has 1 aliphatic heterocycles. The molecule has 3 aromatic rings. The highest BCUT2D eigenvalue weighted by Crippen LogP contribution is 2.34. The maximum atomic E-state index is 5.80. The van der Waals surface area contributed by atoms with Gasteiger partial charge in [0, 0.05) is 37.8 Å². The van der Waals surface area contributed by atoms with Crippen LogP contribution < -0.4 is 10.1 Å². The fraction of sp³-hybridized carbons (Fsp3) is 0.360. The largest absolute Gasteiger partial charge is 0.496 e. The fourth-order valence-electron chi connectivity index (χ4n) is 4.16. The molecule has 0 radical (unpaired) electrons. The number of morpholine rings is 1. The molecule has 1 saturated heterocycles. The summed E-state index contributed by atoms with van der Waals surface area (Å²) < 4.78 is 11.3. The van der Waals surface area contributed by atoms with Crippen LogP contribution in [0.3, 0.4) is 0 Å². The van der Waals surface area contributed by atoms with Crippen LogP contribution in [-0.4, -0.2) is 51.4 Å². The van der Waals surface area contributed by atoms with E-state index in [1.165, 1.54) is 21.9 Å². The normalized spacial score (nSPS) is 15.5. The molecule has 1 heterocycles. The summed E-state index contributed by atoms with van der Waals surface area (Å²) in [5, 5.41) is 6.34. The number of ether oxygens (including phenoxy) is 2. The predicted octanol–water partition coefficient (Wildman–Crippen LogP) is 4.48. The Kier molecular flexibility index (Phi) is 8.52. The number of hydrogen-bond donors (Lipinski definition) is 1. The van der Waals surface area contributed by atoms with Gasteiger partial charge >= 0.3 is 0 Å². The van der Waals surface area contributed by atoms with Crippen molar-refractivity contribution in [1.82, 2.24) is 10.2 Å². The second-order valence-electron chi connectivity index (χ2n) is 7.55. The standard InChI is InChI=1S/C25H30N2O2.ClH/c1-28-24-12-11-21-9-5-6-10-22(21)25(24)23(19-20-7-3-2-4-8-20)26-13-14-27-15-17-29-18-16-27;/h2-12,23,26H,13-19H2,1H3;1H. The first-order valence-electron chi connectivity index (χ1n) is 10.5. The lowest BCUT2D eigenvalue weighted by molar-refractivity contribution is 0.0381. The second kappa shape index (κ2) is 11.3. The smallest absolute Gasteiger partial charge is 0.124 e. The molecule has 1 unspecified atom stereocenters. The van der Waals surface area contributed by atoms with Crippen LogP contribution in [0.5, 0.6) is 5.75 Å². The molecule has 1 N–H and O–H groups in total. The molecule has 0 aromatic heterocycles. The van der Waals surface area contributed by atoms with Gasteiger partial charge in [-0.2, -0.15) is 0 Å². The molecule has 0 saturated carbocycles. The van der Waals surface area contributed by atoms with Crippen molar-refractivity contribution in [2.45, 2.75) is 12.5 Å². The number of methoxy groups -OCH3 is 1. The van der Waals surface area contributed by atoms with Crippen LogP contribution in [0.1, 0.15) is 17.2 Å². The summed E-state index contributed by atoms with van der Waals surface area (Å²) in [6, 6.07) is 23.7. The molecule has 4 nitrogen and oxygen atoms in total. The predicted molar refractivity (Wildman–Crippen MR) is 126 cm³/mol. The lowest BCUT2D eigenvalue weighted by Gasteiger charge is -2.28. The number of hydrogen-bond acceptors (Lipinski definition) is 4. The molecule has 0 amide bonds. The van der Waals surface area contributed by atoms with Gasteiger partial charge in [-0.25, -0.2) is 0 Å². The van der Waals surface area contributed by atoms with Crippen molar-refractivity contribution < 1.29 is 9.47 Å². The van der Waals surface area contributed by atoms with Gasteiger partial charge in [0.15, 0.2) is 0 Å². The molecule has 0 bridgehead atoms. The summed E-state index contributed by atoms with van der Waals surface area (Å²) >= 11 is 0. The lowest BCUT2D eigenvalue weighted by atomic mass is 9.93. The molecule has 30 heavy (non-hydrogen) atoms. The van der Waals surface area contributed by atoms with Gasteiger partial charge in [-0.15, -0.1) is 12.4 Å². The maximum absolute atomic E-state index is 5.80. The first-order valence-corrected chi connectivity index (χ1v) is 10.5. The van der Waals surface area contributed by atoms with Gasteiger partial charge in [0.05, 0.1) is 20.3 Å². The minimum absolute atomic E-state index is 0. The Labute approximate surface area is 185 Å². The van der Waals surface area contributed by atoms with Gasteiger partial charge in [-0.1, -0.05) is 60.7 Å². The molecule has 1 fully saturated rings. The van der Waals surface area contributed by atoms with E-state index < -0.39 is 0 Å². The zero-order valence-corrected chi connectivity index (χ0v) is 18.4. The first kappa shape index (κ1) is 22.6. The molecule has 4 rings (SSSR count). The Morgan fingerprint density at radius 3 is 2.47 bits per heavy atom. The van der Waals surface area contributed by atoms with Crippen molar-refractivity contribution in [2.24, 2.45) is 0 Å². The molecule has 1 aliphatic rings. The van der Waals surface area contributed by atoms with Crippen LogP contribution in [0.4, 0.5) is 0 Å². The zero-order chi connectivity index (χ0) is 19.9. The van der Waals surface area contributed by atoms with Crippen LogP contribution in [-0.2, 0) is 11.2 Å². The van der Waals surface area contributed by atoms with Crippen molar-refractivity contribution in [2.75, 3.05) is 46.5 Å². The van der Waals surface area contributed by atoms with E-state index in [2.05, 4.69) is 76.9 Å². The minimum atomic E-state index is 0. The van der Waals surface area contributed by atoms with Crippen molar-refractivity contribution in [3.8, 4) is 5.75 Å². The SMILES string of the molecule is COc1ccc2ccccc2c1C(Cc1ccccc1)NCCN1CCOCC1.Cl. The fourth-order valence-corrected chi connectivity index (χ4v) is 4.16. The van der Waals surface area contributed by atoms with Gasteiger partial charge in [-0.05, 0) is 28.8 Å². The Morgan fingerprint density at radius 1 is 0.967 bits per heavy atom. The van der Waals surface area contributed by atoms with E-state index in [-0.39, 0.29) is 18.4 Å². The van der Waals surface area contributed by atoms with Crippen LogP contribution in [0, 0.1) is 0 Å². The number of nitrogens with one attached hydrogen (secondary N) is 1. The summed E-state index contributed by atoms with van der Waals surface area (Å²) in [6.45, 7) is 5.67. The summed E-state index contributed by atoms with van der Waals surface area (Å²) in [7, 11) is 1.76. The van der Waals surface area contributed by atoms with Crippen LogP contribution in [0.15, 0.2) is 66.7 Å². The summed E-state index contributed by atoms with van der Waals surface area (Å²) in [4.78, 5) is 2.47. The third-order valence-electron chi connectivity index (χ3n) is 5.70. The van der Waals surface area contributed by atoms with Crippen LogP contribution in [0.25, 0.3) is 10.8 Å². The molecular formula is C25H31ClN2O2. The second-order valence-corrected chi connectivity index (χ2v) is 7.55. The van der Waals surface area contributed by atoms with Crippen LogP contribution in [0.2, 0.25) is 0 Å². The summed E-state index contributed by atoms with van der Waals surface area (Å²) in [5.74, 6) is 0.948. The maximum Gasteiger partial charge on any atom is 0.124 e. The van der Waals surface area contributed by atoms with Crippen molar-refractivity contribution in [1.29, 1.82) is 0 Å². The topological polar surface area (TPSA) is 33.7 Å². The molecule has 3 aromatic carbocycles. The third-order valence-corrected chi connectivity index (χ3v) is 5.70. The number of benzene rings is 3. The van der Waals surface area contributed by atoms with Gasteiger partial charge in [-0.3, -0.25) is 4.90 Å². The molecule has 0 aliphatic carbocycles. The van der Waals surface area contributed by atoms with Crippen molar-refractivity contribution >= 4 is 23.2 Å². The average molecular weight is 427 g/mol. The quantitative estimate of drug-likeness (QED) is 0.576. The van der Waals surface area contributed by atoms with Crippen molar-refractivity contribution in [3.05, 3.63) is 77.9 Å². The van der Waals surface area contributed by atoms with E-state index in [0.29, 0.717) is 0 Å². The summed E-state index contributed by atoms with van der Waals surface area (Å²) in [5.41, 5.74) is 2.57. The number of nitrogens with zero attached hydrogens (tertiary/aromatic N) is 1. The van der Waals surface area contributed by atoms with Gasteiger partial charge < -0.3 is 14.8 Å². The Morgan fingerprint density at radius 2 is 1.70 bits per heavy atom.